The van der Waals surface area contributed by atoms with E-state index in [4.69, 9.17) is 27.9 Å². The summed E-state index contributed by atoms with van der Waals surface area (Å²) in [6.07, 6.45) is 0.663. The first kappa shape index (κ1) is 23.1. The Balaban J connectivity index is 1.58. The second kappa shape index (κ2) is 10.3. The van der Waals surface area contributed by atoms with Crippen LogP contribution in [0.4, 0.5) is 0 Å². The molecule has 1 aromatic heterocycles. The van der Waals surface area contributed by atoms with Crippen molar-refractivity contribution in [1.82, 2.24) is 19.7 Å². The second-order valence-electron chi connectivity index (χ2n) is 7.84. The highest BCUT2D eigenvalue weighted by atomic mass is 35.5. The number of rotatable bonds is 6. The fraction of sp³-hybridized carbons (Fsp3) is 0.348. The van der Waals surface area contributed by atoms with Crippen LogP contribution in [0.15, 0.2) is 53.7 Å². The van der Waals surface area contributed by atoms with Crippen molar-refractivity contribution < 1.29 is 9.53 Å². The first-order chi connectivity index (χ1) is 15.4. The number of hydrogen-bond acceptors (Lipinski definition) is 5. The number of nitrogens with zero attached hydrogens (tertiary/aromatic N) is 4. The van der Waals surface area contributed by atoms with Crippen molar-refractivity contribution in [3.8, 4) is 5.69 Å². The van der Waals surface area contributed by atoms with Crippen molar-refractivity contribution >= 4 is 40.9 Å². The lowest BCUT2D eigenvalue weighted by atomic mass is 10.1. The van der Waals surface area contributed by atoms with Crippen LogP contribution in [-0.4, -0.2) is 56.6 Å². The third kappa shape index (κ3) is 5.46. The molecule has 1 aliphatic heterocycles. The Hall–Kier alpha value is -2.06. The van der Waals surface area contributed by atoms with Crippen molar-refractivity contribution in [2.24, 2.45) is 0 Å². The van der Waals surface area contributed by atoms with Gasteiger partial charge in [-0.2, -0.15) is 0 Å². The van der Waals surface area contributed by atoms with Crippen LogP contribution >= 0.6 is 35.0 Å². The quantitative estimate of drug-likeness (QED) is 0.460. The number of ether oxygens (including phenoxy) is 1. The highest BCUT2D eigenvalue weighted by Crippen LogP contribution is 2.29. The molecule has 3 aromatic rings. The number of halogens is 2. The topological polar surface area (TPSA) is 60.2 Å². The van der Waals surface area contributed by atoms with Gasteiger partial charge in [-0.05, 0) is 37.6 Å². The van der Waals surface area contributed by atoms with Crippen LogP contribution in [0.25, 0.3) is 5.69 Å². The van der Waals surface area contributed by atoms with Crippen LogP contribution in [0, 0.1) is 0 Å². The molecule has 1 amide bonds. The second-order valence-corrected chi connectivity index (χ2v) is 9.60. The maximum absolute atomic E-state index is 12.9. The molecule has 6 nitrogen and oxygen atoms in total. The minimum absolute atomic E-state index is 0.0324. The first-order valence-corrected chi connectivity index (χ1v) is 12.1. The highest BCUT2D eigenvalue weighted by molar-refractivity contribution is 7.99. The molecule has 0 saturated carbocycles. The van der Waals surface area contributed by atoms with Gasteiger partial charge in [-0.3, -0.25) is 9.36 Å². The zero-order valence-corrected chi connectivity index (χ0v) is 20.2. The molecule has 1 saturated heterocycles. The van der Waals surface area contributed by atoms with Gasteiger partial charge in [0, 0.05) is 19.5 Å². The van der Waals surface area contributed by atoms with E-state index in [1.165, 1.54) is 11.8 Å². The predicted octanol–water partition coefficient (Wildman–Crippen LogP) is 4.89. The number of carbonyl (C=O) groups excluding carboxylic acids is 1. The monoisotopic (exact) mass is 490 g/mol. The molecule has 32 heavy (non-hydrogen) atoms. The summed E-state index contributed by atoms with van der Waals surface area (Å²) in [5.74, 6) is 1.09. The summed E-state index contributed by atoms with van der Waals surface area (Å²) >= 11 is 13.8. The predicted molar refractivity (Wildman–Crippen MR) is 128 cm³/mol. The lowest BCUT2D eigenvalue weighted by Crippen LogP contribution is -2.48. The van der Waals surface area contributed by atoms with Crippen LogP contribution in [0.5, 0.6) is 0 Å². The molecule has 168 valence electrons. The number of hydrogen-bond donors (Lipinski definition) is 0. The summed E-state index contributed by atoms with van der Waals surface area (Å²) < 4.78 is 7.68. The average molecular weight is 491 g/mol. The van der Waals surface area contributed by atoms with Crippen molar-refractivity contribution in [1.29, 1.82) is 0 Å². The molecule has 1 fully saturated rings. The summed E-state index contributed by atoms with van der Waals surface area (Å²) in [4.78, 5) is 14.7. The summed E-state index contributed by atoms with van der Waals surface area (Å²) in [6, 6.07) is 15.5. The van der Waals surface area contributed by atoms with E-state index in [0.717, 1.165) is 17.1 Å². The van der Waals surface area contributed by atoms with Gasteiger partial charge in [-0.25, -0.2) is 0 Å². The van der Waals surface area contributed by atoms with Gasteiger partial charge in [0.05, 0.1) is 33.7 Å². The van der Waals surface area contributed by atoms with E-state index >= 15 is 0 Å². The Labute approximate surface area is 201 Å². The lowest BCUT2D eigenvalue weighted by Gasteiger charge is -2.35. The van der Waals surface area contributed by atoms with Crippen molar-refractivity contribution in [2.75, 3.05) is 18.8 Å². The minimum atomic E-state index is 0.0324. The molecule has 0 spiro atoms. The van der Waals surface area contributed by atoms with Crippen molar-refractivity contribution in [3.05, 3.63) is 70.0 Å². The summed E-state index contributed by atoms with van der Waals surface area (Å²) in [5, 5.41) is 10.4. The molecular formula is C23H24Cl2N4O2S. The van der Waals surface area contributed by atoms with E-state index in [0.29, 0.717) is 34.7 Å². The number of amides is 1. The Morgan fingerprint density at radius 3 is 2.47 bits per heavy atom. The number of thioether (sulfide) groups is 1. The molecule has 0 bridgehead atoms. The zero-order valence-electron chi connectivity index (χ0n) is 17.9. The van der Waals surface area contributed by atoms with Gasteiger partial charge in [-0.15, -0.1) is 10.2 Å². The van der Waals surface area contributed by atoms with E-state index in [9.17, 15) is 4.79 Å². The number of aromatic nitrogens is 3. The van der Waals surface area contributed by atoms with Gasteiger partial charge < -0.3 is 9.64 Å². The van der Waals surface area contributed by atoms with Gasteiger partial charge in [0.25, 0.3) is 0 Å². The van der Waals surface area contributed by atoms with Gasteiger partial charge in [0.1, 0.15) is 5.82 Å². The standard InChI is InChI=1S/C23H24Cl2N4O2S/c1-15-12-28(13-16(2)31-15)22(30)14-32-23-27-26-21(10-17-6-4-3-5-7-17)29(23)18-8-9-19(24)20(25)11-18/h3-9,11,15-16H,10,12-14H2,1-2H3. The van der Waals surface area contributed by atoms with Crippen molar-refractivity contribution in [2.45, 2.75) is 37.6 Å². The van der Waals surface area contributed by atoms with Crippen LogP contribution < -0.4 is 0 Å². The van der Waals surface area contributed by atoms with E-state index < -0.39 is 0 Å². The number of morpholine rings is 1. The van der Waals surface area contributed by atoms with E-state index in [1.807, 2.05) is 59.7 Å². The van der Waals surface area contributed by atoms with E-state index in [-0.39, 0.29) is 23.9 Å². The molecular weight excluding hydrogens is 467 g/mol. The maximum atomic E-state index is 12.9. The summed E-state index contributed by atoms with van der Waals surface area (Å²) in [6.45, 7) is 5.17. The Morgan fingerprint density at radius 1 is 1.06 bits per heavy atom. The van der Waals surface area contributed by atoms with Gasteiger partial charge in [-0.1, -0.05) is 65.3 Å². The van der Waals surface area contributed by atoms with Crippen LogP contribution in [0.1, 0.15) is 25.2 Å². The average Bonchev–Trinajstić information content (AvgIpc) is 3.16. The molecule has 0 radical (unpaired) electrons. The fourth-order valence-electron chi connectivity index (χ4n) is 3.77. The molecule has 2 atom stereocenters. The third-order valence-corrected chi connectivity index (χ3v) is 6.82. The SMILES string of the molecule is CC1CN(C(=O)CSc2nnc(Cc3ccccc3)n2-c2ccc(Cl)c(Cl)c2)CC(C)O1. The van der Waals surface area contributed by atoms with Crippen molar-refractivity contribution in [3.63, 3.8) is 0 Å². The largest absolute Gasteiger partial charge is 0.372 e. The number of carbonyl (C=O) groups is 1. The Bertz CT molecular complexity index is 1080. The Kier molecular flexibility index (Phi) is 7.40. The molecule has 1 aliphatic rings. The maximum Gasteiger partial charge on any atom is 0.233 e. The third-order valence-electron chi connectivity index (χ3n) is 5.16. The smallest absolute Gasteiger partial charge is 0.233 e. The van der Waals surface area contributed by atoms with Gasteiger partial charge in [0.2, 0.25) is 5.91 Å². The normalized spacial score (nSPS) is 18.7. The lowest BCUT2D eigenvalue weighted by molar-refractivity contribution is -0.140. The molecule has 9 heteroatoms. The van der Waals surface area contributed by atoms with Crippen LogP contribution in [0.3, 0.4) is 0 Å². The first-order valence-electron chi connectivity index (χ1n) is 10.4. The Morgan fingerprint density at radius 2 is 1.78 bits per heavy atom. The summed E-state index contributed by atoms with van der Waals surface area (Å²) in [7, 11) is 0. The molecule has 0 aliphatic carbocycles. The molecule has 2 heterocycles. The molecule has 2 unspecified atom stereocenters. The van der Waals surface area contributed by atoms with Crippen LogP contribution in [0.2, 0.25) is 10.0 Å². The van der Waals surface area contributed by atoms with E-state index in [1.54, 1.807) is 12.1 Å². The zero-order chi connectivity index (χ0) is 22.7. The molecule has 2 aromatic carbocycles. The minimum Gasteiger partial charge on any atom is -0.372 e. The molecule has 0 N–H and O–H groups in total. The van der Waals surface area contributed by atoms with Gasteiger partial charge >= 0.3 is 0 Å². The van der Waals surface area contributed by atoms with Gasteiger partial charge in [0.15, 0.2) is 5.16 Å². The fourth-order valence-corrected chi connectivity index (χ4v) is 4.94. The summed E-state index contributed by atoms with van der Waals surface area (Å²) in [5.41, 5.74) is 1.92. The van der Waals surface area contributed by atoms with E-state index in [2.05, 4.69) is 10.2 Å². The molecule has 4 rings (SSSR count). The highest BCUT2D eigenvalue weighted by Gasteiger charge is 2.26. The number of benzene rings is 2. The van der Waals surface area contributed by atoms with Crippen LogP contribution in [-0.2, 0) is 16.0 Å².